The lowest BCUT2D eigenvalue weighted by Crippen LogP contribution is -2.78. The van der Waals surface area contributed by atoms with E-state index in [1.807, 2.05) is 43.4 Å². The third-order valence-electron chi connectivity index (χ3n) is 9.88. The van der Waals surface area contributed by atoms with Gasteiger partial charge in [0.15, 0.2) is 0 Å². The molecular formula is C34H34N2O3. The van der Waals surface area contributed by atoms with Gasteiger partial charge in [-0.05, 0) is 68.0 Å². The Hall–Kier alpha value is -3.59. The molecular weight excluding hydrogens is 484 g/mol. The van der Waals surface area contributed by atoms with Gasteiger partial charge in [0.1, 0.15) is 11.9 Å². The van der Waals surface area contributed by atoms with Crippen LogP contribution < -0.4 is 4.74 Å². The maximum Gasteiger partial charge on any atom is 0.298 e. The second-order valence-corrected chi connectivity index (χ2v) is 11.6. The van der Waals surface area contributed by atoms with E-state index in [1.165, 1.54) is 16.7 Å². The number of hydrogen-bond donors (Lipinski definition) is 1. The molecule has 2 fully saturated rings. The summed E-state index contributed by atoms with van der Waals surface area (Å²) in [6.07, 6.45) is 3.64. The number of aliphatic hydroxyl groups is 1. The molecule has 198 valence electrons. The SMILES string of the molecule is CN(C(=O)C#Cc1ccccc1)[C@@H]1CC[C@@]2(O)[C@H]3Cc4cccc5c4[C@@]2(CCN3CCc2ccccc2)[C@H]1O5. The minimum atomic E-state index is -0.900. The summed E-state index contributed by atoms with van der Waals surface area (Å²) < 4.78 is 6.73. The van der Waals surface area contributed by atoms with Crippen LogP contribution in [0.3, 0.4) is 0 Å². The molecule has 1 N–H and O–H groups in total. The van der Waals surface area contributed by atoms with Crippen molar-refractivity contribution in [1.82, 2.24) is 9.80 Å². The van der Waals surface area contributed by atoms with Gasteiger partial charge < -0.3 is 14.7 Å². The molecule has 0 unspecified atom stereocenters. The van der Waals surface area contributed by atoms with Crippen LogP contribution in [-0.4, -0.2) is 64.7 Å². The third kappa shape index (κ3) is 3.66. The van der Waals surface area contributed by atoms with Gasteiger partial charge in [-0.15, -0.1) is 0 Å². The van der Waals surface area contributed by atoms with Gasteiger partial charge >= 0.3 is 0 Å². The molecule has 1 saturated heterocycles. The third-order valence-corrected chi connectivity index (χ3v) is 9.88. The molecule has 2 bridgehead atoms. The van der Waals surface area contributed by atoms with Crippen LogP contribution in [0.25, 0.3) is 0 Å². The lowest BCUT2D eigenvalue weighted by molar-refractivity contribution is -0.199. The first-order valence-corrected chi connectivity index (χ1v) is 14.1. The molecule has 3 aromatic rings. The average molecular weight is 519 g/mol. The van der Waals surface area contributed by atoms with Gasteiger partial charge in [0.05, 0.1) is 17.1 Å². The van der Waals surface area contributed by atoms with Crippen molar-refractivity contribution in [2.75, 3.05) is 20.1 Å². The lowest BCUT2D eigenvalue weighted by Gasteiger charge is -2.64. The Morgan fingerprint density at radius 3 is 2.62 bits per heavy atom. The van der Waals surface area contributed by atoms with E-state index < -0.39 is 11.0 Å². The highest BCUT2D eigenvalue weighted by Gasteiger charge is 2.72. The number of piperidine rings is 1. The van der Waals surface area contributed by atoms with Crippen LogP contribution >= 0.6 is 0 Å². The molecule has 2 aliphatic heterocycles. The molecule has 1 spiro atoms. The fourth-order valence-corrected chi connectivity index (χ4v) is 8.04. The van der Waals surface area contributed by atoms with Gasteiger partial charge in [0.2, 0.25) is 0 Å². The summed E-state index contributed by atoms with van der Waals surface area (Å²) in [6.45, 7) is 1.83. The zero-order valence-electron chi connectivity index (χ0n) is 22.3. The molecule has 5 atom stereocenters. The molecule has 5 nitrogen and oxygen atoms in total. The Morgan fingerprint density at radius 2 is 1.82 bits per heavy atom. The van der Waals surface area contributed by atoms with E-state index in [0.717, 1.165) is 43.7 Å². The second-order valence-electron chi connectivity index (χ2n) is 11.6. The van der Waals surface area contributed by atoms with E-state index in [4.69, 9.17) is 4.74 Å². The number of benzene rings is 3. The first-order valence-electron chi connectivity index (χ1n) is 14.1. The highest BCUT2D eigenvalue weighted by molar-refractivity contribution is 5.94. The van der Waals surface area contributed by atoms with Crippen molar-refractivity contribution in [1.29, 1.82) is 0 Å². The molecule has 0 aromatic heterocycles. The zero-order chi connectivity index (χ0) is 26.6. The molecule has 2 heterocycles. The topological polar surface area (TPSA) is 53.0 Å². The van der Waals surface area contributed by atoms with Crippen LogP contribution in [0.5, 0.6) is 5.75 Å². The Kier molecular flexibility index (Phi) is 5.80. The van der Waals surface area contributed by atoms with E-state index in [-0.39, 0.29) is 24.1 Å². The summed E-state index contributed by atoms with van der Waals surface area (Å²) in [5, 5.41) is 12.7. The molecule has 7 rings (SSSR count). The van der Waals surface area contributed by atoms with Gasteiger partial charge in [0, 0.05) is 36.7 Å². The molecule has 1 amide bonds. The van der Waals surface area contributed by atoms with Crippen LogP contribution in [0.15, 0.2) is 78.9 Å². The Balaban J connectivity index is 1.21. The van der Waals surface area contributed by atoms with Crippen LogP contribution in [0.1, 0.15) is 41.5 Å². The van der Waals surface area contributed by atoms with Gasteiger partial charge in [0.25, 0.3) is 5.91 Å². The lowest BCUT2D eigenvalue weighted by atomic mass is 9.48. The summed E-state index contributed by atoms with van der Waals surface area (Å²) in [5.74, 6) is 6.54. The first kappa shape index (κ1) is 24.5. The normalized spacial score (nSPS) is 29.9. The molecule has 5 heteroatoms. The minimum Gasteiger partial charge on any atom is -0.487 e. The van der Waals surface area contributed by atoms with Crippen LogP contribution in [0.4, 0.5) is 0 Å². The standard InChI is InChI=1S/C34H34N2O3/c1-35(30(37)16-15-24-9-4-2-5-10-24)27-17-19-34(38)29-23-26-13-8-14-28-31(26)33(34,32(27)39-28)20-22-36(29)21-18-25-11-6-3-7-12-25/h2-14,27,29,32,38H,17-23H2,1H3/t27-,29-,32+,33+,34-/m1/s1. The summed E-state index contributed by atoms with van der Waals surface area (Å²) in [7, 11) is 1.84. The van der Waals surface area contributed by atoms with Crippen molar-refractivity contribution in [3.63, 3.8) is 0 Å². The summed E-state index contributed by atoms with van der Waals surface area (Å²) >= 11 is 0. The van der Waals surface area contributed by atoms with E-state index in [2.05, 4.69) is 59.2 Å². The van der Waals surface area contributed by atoms with Crippen molar-refractivity contribution < 1.29 is 14.6 Å². The van der Waals surface area contributed by atoms with Crippen molar-refractivity contribution in [2.45, 2.75) is 61.3 Å². The van der Waals surface area contributed by atoms with Gasteiger partial charge in [-0.2, -0.15) is 0 Å². The highest BCUT2D eigenvalue weighted by Crippen LogP contribution is 2.64. The molecule has 0 radical (unpaired) electrons. The highest BCUT2D eigenvalue weighted by atomic mass is 16.5. The Morgan fingerprint density at radius 1 is 1.05 bits per heavy atom. The number of rotatable bonds is 4. The maximum absolute atomic E-state index is 13.3. The van der Waals surface area contributed by atoms with Crippen LogP contribution in [0, 0.1) is 11.8 Å². The van der Waals surface area contributed by atoms with Crippen molar-refractivity contribution in [3.05, 3.63) is 101 Å². The average Bonchev–Trinajstić information content (AvgIpc) is 3.31. The number of likely N-dealkylation sites (tertiary alicyclic amines) is 1. The van der Waals surface area contributed by atoms with Crippen LogP contribution in [-0.2, 0) is 23.1 Å². The number of ether oxygens (including phenoxy) is 1. The summed E-state index contributed by atoms with van der Waals surface area (Å²) in [5.41, 5.74) is 3.20. The number of carbonyl (C=O) groups excluding carboxylic acids is 1. The molecule has 4 aliphatic rings. The van der Waals surface area contributed by atoms with Crippen molar-refractivity contribution in [3.8, 4) is 17.6 Å². The second kappa shape index (κ2) is 9.26. The first-order chi connectivity index (χ1) is 19.0. The van der Waals surface area contributed by atoms with Gasteiger partial charge in [-0.3, -0.25) is 9.69 Å². The number of nitrogens with zero attached hydrogens (tertiary/aromatic N) is 2. The van der Waals surface area contributed by atoms with Crippen molar-refractivity contribution >= 4 is 5.91 Å². The number of carbonyl (C=O) groups is 1. The van der Waals surface area contributed by atoms with E-state index in [9.17, 15) is 9.90 Å². The largest absolute Gasteiger partial charge is 0.487 e. The molecule has 3 aromatic carbocycles. The van der Waals surface area contributed by atoms with Gasteiger partial charge in [-0.1, -0.05) is 66.6 Å². The Labute approximate surface area is 230 Å². The minimum absolute atomic E-state index is 0.0294. The molecule has 1 saturated carbocycles. The van der Waals surface area contributed by atoms with E-state index >= 15 is 0 Å². The smallest absolute Gasteiger partial charge is 0.298 e. The van der Waals surface area contributed by atoms with Crippen LogP contribution in [0.2, 0.25) is 0 Å². The maximum atomic E-state index is 13.3. The fourth-order valence-electron chi connectivity index (χ4n) is 8.04. The summed E-state index contributed by atoms with van der Waals surface area (Å²) in [6, 6.07) is 26.4. The van der Waals surface area contributed by atoms with E-state index in [1.54, 1.807) is 4.90 Å². The van der Waals surface area contributed by atoms with Gasteiger partial charge in [-0.25, -0.2) is 0 Å². The van der Waals surface area contributed by atoms with E-state index in [0.29, 0.717) is 12.8 Å². The zero-order valence-corrected chi connectivity index (χ0v) is 22.3. The number of hydrogen-bond acceptors (Lipinski definition) is 4. The van der Waals surface area contributed by atoms with Crippen molar-refractivity contribution in [2.24, 2.45) is 0 Å². The number of likely N-dealkylation sites (N-methyl/N-ethyl adjacent to an activating group) is 1. The number of amides is 1. The Bertz CT molecular complexity index is 1460. The summed E-state index contributed by atoms with van der Waals surface area (Å²) in [4.78, 5) is 17.6. The monoisotopic (exact) mass is 518 g/mol. The predicted molar refractivity (Wildman–Crippen MR) is 150 cm³/mol. The quantitative estimate of drug-likeness (QED) is 0.532. The molecule has 2 aliphatic carbocycles. The fraction of sp³-hybridized carbons (Fsp3) is 0.382. The molecule has 39 heavy (non-hydrogen) atoms. The predicted octanol–water partition coefficient (Wildman–Crippen LogP) is 3.96.